The first-order chi connectivity index (χ1) is 16.0. The molecule has 0 aliphatic rings. The standard InChI is InChI=1S/C19H16O.C2H4Cl3O4P.H3O4P/c1-15-12-13-19(20-17-10-6-3-7-11-17)18(14-15)16-8-4-2-5-9-16;3-2(4,5)1-9-10(6,7)8;1-5(2,3)4/h2-14H,1H3;1H2,(H2,6,7,8);(H3,1,2,3,4). The summed E-state index contributed by atoms with van der Waals surface area (Å²) in [7, 11) is -9.15. The van der Waals surface area contributed by atoms with Crippen molar-refractivity contribution in [1.82, 2.24) is 0 Å². The Kier molecular flexibility index (Phi) is 12.9. The zero-order chi connectivity index (χ0) is 26.7. The summed E-state index contributed by atoms with van der Waals surface area (Å²) >= 11 is 15.3. The van der Waals surface area contributed by atoms with Crippen molar-refractivity contribution in [2.45, 2.75) is 10.7 Å². The van der Waals surface area contributed by atoms with Gasteiger partial charge in [0.15, 0.2) is 0 Å². The van der Waals surface area contributed by atoms with Crippen molar-refractivity contribution in [2.75, 3.05) is 6.61 Å². The zero-order valence-corrected chi connectivity index (χ0v) is 22.2. The molecule has 14 heteroatoms. The Hall–Kier alpha value is -1.45. The van der Waals surface area contributed by atoms with E-state index in [-0.39, 0.29) is 0 Å². The summed E-state index contributed by atoms with van der Waals surface area (Å²) in [6.45, 7) is 1.46. The second kappa shape index (κ2) is 14.3. The average molecular weight is 588 g/mol. The summed E-state index contributed by atoms with van der Waals surface area (Å²) in [6.07, 6.45) is 0. The topological polar surface area (TPSA) is 154 Å². The van der Waals surface area contributed by atoms with Crippen LogP contribution in [0.25, 0.3) is 11.1 Å². The number of benzene rings is 3. The van der Waals surface area contributed by atoms with Crippen molar-refractivity contribution in [1.29, 1.82) is 0 Å². The van der Waals surface area contributed by atoms with Crippen LogP contribution >= 0.6 is 50.4 Å². The Bertz CT molecular complexity index is 1120. The van der Waals surface area contributed by atoms with Crippen LogP contribution in [0.4, 0.5) is 0 Å². The highest BCUT2D eigenvalue weighted by Gasteiger charge is 2.25. The predicted molar refractivity (Wildman–Crippen MR) is 136 cm³/mol. The fourth-order valence-electron chi connectivity index (χ4n) is 2.35. The van der Waals surface area contributed by atoms with Gasteiger partial charge in [-0.1, -0.05) is 95.0 Å². The first-order valence-corrected chi connectivity index (χ1v) is 13.7. The van der Waals surface area contributed by atoms with Gasteiger partial charge in [-0.25, -0.2) is 9.13 Å². The second-order valence-electron chi connectivity index (χ2n) is 6.67. The lowest BCUT2D eigenvalue weighted by Gasteiger charge is -2.12. The highest BCUT2D eigenvalue weighted by Crippen LogP contribution is 2.39. The molecule has 3 rings (SSSR count). The minimum absolute atomic E-state index is 0.637. The molecule has 0 aliphatic carbocycles. The number of rotatable bonds is 5. The van der Waals surface area contributed by atoms with E-state index >= 15 is 0 Å². The first kappa shape index (κ1) is 31.6. The Morgan fingerprint density at radius 3 is 1.71 bits per heavy atom. The zero-order valence-electron chi connectivity index (χ0n) is 18.1. The van der Waals surface area contributed by atoms with Crippen LogP contribution in [-0.2, 0) is 13.7 Å². The molecule has 5 N–H and O–H groups in total. The molecule has 0 atom stereocenters. The van der Waals surface area contributed by atoms with E-state index < -0.39 is 26.0 Å². The van der Waals surface area contributed by atoms with Gasteiger partial charge in [0.1, 0.15) is 18.1 Å². The quantitative estimate of drug-likeness (QED) is 0.179. The van der Waals surface area contributed by atoms with Gasteiger partial charge in [-0.05, 0) is 36.8 Å². The Balaban J connectivity index is 0.000000343. The predicted octanol–water partition coefficient (Wildman–Crippen LogP) is 5.99. The van der Waals surface area contributed by atoms with Gasteiger partial charge in [-0.3, -0.25) is 4.52 Å². The molecule has 35 heavy (non-hydrogen) atoms. The molecule has 0 spiro atoms. The molecule has 0 radical (unpaired) electrons. The van der Waals surface area contributed by atoms with Crippen LogP contribution in [0.2, 0.25) is 0 Å². The molecule has 0 bridgehead atoms. The molecule has 0 amide bonds. The maximum absolute atomic E-state index is 9.97. The molecule has 0 saturated heterocycles. The van der Waals surface area contributed by atoms with E-state index in [2.05, 4.69) is 35.7 Å². The van der Waals surface area contributed by atoms with E-state index in [4.69, 9.17) is 68.6 Å². The number of phosphoric acid groups is 2. The molecule has 9 nitrogen and oxygen atoms in total. The number of para-hydroxylation sites is 1. The lowest BCUT2D eigenvalue weighted by Crippen LogP contribution is -2.11. The van der Waals surface area contributed by atoms with Gasteiger partial charge in [0, 0.05) is 5.56 Å². The Morgan fingerprint density at radius 1 is 0.800 bits per heavy atom. The average Bonchev–Trinajstić information content (AvgIpc) is 2.73. The van der Waals surface area contributed by atoms with Crippen LogP contribution in [0, 0.1) is 6.92 Å². The second-order valence-corrected chi connectivity index (χ2v) is 11.5. The number of phosphoric ester groups is 1. The van der Waals surface area contributed by atoms with E-state index in [1.807, 2.05) is 54.6 Å². The van der Waals surface area contributed by atoms with Gasteiger partial charge in [0.05, 0.1) is 0 Å². The summed E-state index contributed by atoms with van der Waals surface area (Å²) in [6, 6.07) is 26.5. The van der Waals surface area contributed by atoms with Gasteiger partial charge in [-0.2, -0.15) is 0 Å². The maximum Gasteiger partial charge on any atom is 0.469 e. The number of alkyl halides is 3. The number of ether oxygens (including phenoxy) is 1. The largest absolute Gasteiger partial charge is 0.469 e. The highest BCUT2D eigenvalue weighted by atomic mass is 35.6. The molecule has 0 saturated carbocycles. The molecule has 0 aliphatic heterocycles. The van der Waals surface area contributed by atoms with Crippen LogP contribution in [-0.4, -0.2) is 34.9 Å². The minimum Gasteiger partial charge on any atom is -0.457 e. The van der Waals surface area contributed by atoms with E-state index in [1.54, 1.807) is 0 Å². The highest BCUT2D eigenvalue weighted by molar-refractivity contribution is 7.46. The molecule has 0 heterocycles. The normalized spacial score (nSPS) is 11.5. The van der Waals surface area contributed by atoms with Crippen LogP contribution in [0.5, 0.6) is 11.5 Å². The van der Waals surface area contributed by atoms with Crippen LogP contribution in [0.15, 0.2) is 78.9 Å². The number of aryl methyl sites for hydroxylation is 1. The minimum atomic E-state index is -4.64. The smallest absolute Gasteiger partial charge is 0.457 e. The SMILES string of the molecule is Cc1ccc(Oc2ccccc2)c(-c2ccccc2)c1.O=P(O)(O)O.O=P(O)(O)OCC(Cl)(Cl)Cl. The molecular weight excluding hydrogens is 565 g/mol. The van der Waals surface area contributed by atoms with Crippen LogP contribution in [0.3, 0.4) is 0 Å². The van der Waals surface area contributed by atoms with E-state index in [1.165, 1.54) is 11.1 Å². The Morgan fingerprint density at radius 2 is 1.29 bits per heavy atom. The van der Waals surface area contributed by atoms with E-state index in [9.17, 15) is 4.57 Å². The molecule has 0 fully saturated rings. The summed E-state index contributed by atoms with van der Waals surface area (Å²) in [5.41, 5.74) is 3.51. The van der Waals surface area contributed by atoms with E-state index in [0.29, 0.717) is 0 Å². The van der Waals surface area contributed by atoms with Crippen LogP contribution < -0.4 is 4.74 Å². The first-order valence-electron chi connectivity index (χ1n) is 9.47. The number of hydrogen-bond acceptors (Lipinski definition) is 4. The van der Waals surface area contributed by atoms with Gasteiger partial charge < -0.3 is 29.2 Å². The molecule has 3 aromatic carbocycles. The third-order valence-electron chi connectivity index (χ3n) is 3.59. The van der Waals surface area contributed by atoms with Crippen molar-refractivity contribution >= 4 is 50.4 Å². The van der Waals surface area contributed by atoms with Crippen molar-refractivity contribution in [3.8, 4) is 22.6 Å². The fraction of sp³-hybridized carbons (Fsp3) is 0.143. The van der Waals surface area contributed by atoms with Gasteiger partial charge >= 0.3 is 15.6 Å². The summed E-state index contributed by atoms with van der Waals surface area (Å²) < 4.78 is 26.9. The summed E-state index contributed by atoms with van der Waals surface area (Å²) in [4.78, 5) is 37.8. The number of halogens is 3. The molecule has 3 aromatic rings. The third kappa shape index (κ3) is 16.8. The van der Waals surface area contributed by atoms with Gasteiger partial charge in [0.25, 0.3) is 0 Å². The van der Waals surface area contributed by atoms with Crippen molar-refractivity contribution in [3.63, 3.8) is 0 Å². The lowest BCUT2D eigenvalue weighted by molar-refractivity contribution is 0.200. The third-order valence-corrected chi connectivity index (χ3v) is 4.38. The summed E-state index contributed by atoms with van der Waals surface area (Å²) in [5.74, 6) is 1.74. The lowest BCUT2D eigenvalue weighted by atomic mass is 10.0. The van der Waals surface area contributed by atoms with Crippen LogP contribution in [0.1, 0.15) is 5.56 Å². The van der Waals surface area contributed by atoms with Crippen molar-refractivity contribution < 1.29 is 42.9 Å². The maximum atomic E-state index is 9.97. The number of hydrogen-bond donors (Lipinski definition) is 5. The molecule has 192 valence electrons. The Labute approximate surface area is 217 Å². The van der Waals surface area contributed by atoms with Gasteiger partial charge in [-0.15, -0.1) is 0 Å². The monoisotopic (exact) mass is 586 g/mol. The van der Waals surface area contributed by atoms with Crippen molar-refractivity contribution in [2.24, 2.45) is 0 Å². The van der Waals surface area contributed by atoms with Gasteiger partial charge in [0.2, 0.25) is 3.79 Å². The molecule has 0 aromatic heterocycles. The van der Waals surface area contributed by atoms with Crippen molar-refractivity contribution in [3.05, 3.63) is 84.4 Å². The molecular formula is C21H23Cl3O9P2. The molecule has 0 unspecified atom stereocenters. The van der Waals surface area contributed by atoms with E-state index in [0.717, 1.165) is 17.1 Å². The summed E-state index contributed by atoms with van der Waals surface area (Å²) in [5, 5.41) is 0. The fourth-order valence-corrected chi connectivity index (χ4v) is 3.10.